The molecule has 0 radical (unpaired) electrons. The summed E-state index contributed by atoms with van der Waals surface area (Å²) < 4.78 is 32.8. The Labute approximate surface area is 168 Å². The smallest absolute Gasteiger partial charge is 0.408 e. The molecule has 0 spiro atoms. The fourth-order valence-electron chi connectivity index (χ4n) is 2.82. The first kappa shape index (κ1) is 20.8. The second-order valence-corrected chi connectivity index (χ2v) is 8.92. The zero-order valence-corrected chi connectivity index (χ0v) is 17.3. The molecule has 2 aromatic carbocycles. The number of amides is 1. The number of carbonyl (C=O) groups is 1. The topological polar surface area (TPSA) is 102 Å². The maximum atomic E-state index is 12.5. The summed E-state index contributed by atoms with van der Waals surface area (Å²) in [7, 11) is -2.05. The molecule has 0 saturated heterocycles. The molecular weight excluding hydrogens is 394 g/mol. The lowest BCUT2D eigenvalue weighted by Gasteiger charge is -2.21. The second-order valence-electron chi connectivity index (χ2n) is 6.92. The van der Waals surface area contributed by atoms with Crippen LogP contribution in [0.4, 0.5) is 5.69 Å². The summed E-state index contributed by atoms with van der Waals surface area (Å²) >= 11 is 0. The number of oxazole rings is 1. The van der Waals surface area contributed by atoms with Crippen molar-refractivity contribution >= 4 is 32.7 Å². The van der Waals surface area contributed by atoms with Gasteiger partial charge in [-0.25, -0.2) is 13.2 Å². The molecule has 9 heteroatoms. The molecule has 8 nitrogen and oxygen atoms in total. The van der Waals surface area contributed by atoms with Gasteiger partial charge in [0.05, 0.1) is 10.4 Å². The van der Waals surface area contributed by atoms with Gasteiger partial charge in [0.1, 0.15) is 0 Å². The summed E-state index contributed by atoms with van der Waals surface area (Å²) in [4.78, 5) is 24.4. The van der Waals surface area contributed by atoms with Gasteiger partial charge < -0.3 is 9.73 Å². The Kier molecular flexibility index (Phi) is 5.90. The Hall–Kier alpha value is -2.91. The van der Waals surface area contributed by atoms with Crippen LogP contribution in [0, 0.1) is 0 Å². The first-order valence-corrected chi connectivity index (χ1v) is 10.6. The third-order valence-electron chi connectivity index (χ3n) is 4.68. The number of aryl methyl sites for hydroxylation is 1. The van der Waals surface area contributed by atoms with Crippen molar-refractivity contribution in [1.82, 2.24) is 8.87 Å². The molecule has 154 valence electrons. The van der Waals surface area contributed by atoms with Gasteiger partial charge in [-0.1, -0.05) is 12.1 Å². The third-order valence-corrected chi connectivity index (χ3v) is 6.73. The molecule has 29 heavy (non-hydrogen) atoms. The summed E-state index contributed by atoms with van der Waals surface area (Å²) in [5.74, 6) is -0.806. The molecule has 3 rings (SSSR count). The normalized spacial score (nSPS) is 12.0. The van der Waals surface area contributed by atoms with Crippen LogP contribution in [0.15, 0.2) is 62.6 Å². The van der Waals surface area contributed by atoms with E-state index < -0.39 is 15.8 Å². The second kappa shape index (κ2) is 8.22. The van der Waals surface area contributed by atoms with Crippen LogP contribution in [-0.4, -0.2) is 36.3 Å². The van der Waals surface area contributed by atoms with E-state index in [0.717, 1.165) is 0 Å². The van der Waals surface area contributed by atoms with Crippen LogP contribution < -0.4 is 11.1 Å². The number of benzene rings is 2. The highest BCUT2D eigenvalue weighted by Crippen LogP contribution is 2.19. The minimum Gasteiger partial charge on any atom is -0.408 e. The minimum absolute atomic E-state index is 0.0690. The number of nitrogens with one attached hydrogen (secondary N) is 1. The lowest BCUT2D eigenvalue weighted by Crippen LogP contribution is -2.33. The summed E-state index contributed by atoms with van der Waals surface area (Å²) in [6, 6.07) is 12.8. The van der Waals surface area contributed by atoms with Crippen molar-refractivity contribution in [1.29, 1.82) is 0 Å². The number of rotatable bonds is 7. The average Bonchev–Trinajstić information content (AvgIpc) is 3.01. The van der Waals surface area contributed by atoms with Crippen LogP contribution in [0.5, 0.6) is 0 Å². The predicted molar refractivity (Wildman–Crippen MR) is 110 cm³/mol. The van der Waals surface area contributed by atoms with Gasteiger partial charge >= 0.3 is 5.76 Å². The van der Waals surface area contributed by atoms with Crippen LogP contribution in [0.3, 0.4) is 0 Å². The van der Waals surface area contributed by atoms with Gasteiger partial charge in [0.15, 0.2) is 5.58 Å². The molecule has 1 amide bonds. The van der Waals surface area contributed by atoms with Crippen molar-refractivity contribution in [3.8, 4) is 0 Å². The number of aromatic nitrogens is 1. The number of para-hydroxylation sites is 2. The third kappa shape index (κ3) is 4.41. The lowest BCUT2D eigenvalue weighted by atomic mass is 10.3. The Morgan fingerprint density at radius 3 is 2.45 bits per heavy atom. The van der Waals surface area contributed by atoms with Gasteiger partial charge in [-0.05, 0) is 50.2 Å². The van der Waals surface area contributed by atoms with Gasteiger partial charge in [-0.3, -0.25) is 9.36 Å². The summed E-state index contributed by atoms with van der Waals surface area (Å²) in [6.45, 7) is 3.76. The van der Waals surface area contributed by atoms with Gasteiger partial charge in [0, 0.05) is 31.7 Å². The quantitative estimate of drug-likeness (QED) is 0.637. The Balaban J connectivity index is 1.65. The van der Waals surface area contributed by atoms with Crippen molar-refractivity contribution < 1.29 is 17.6 Å². The maximum absolute atomic E-state index is 12.5. The van der Waals surface area contributed by atoms with Gasteiger partial charge in [0.2, 0.25) is 15.9 Å². The lowest BCUT2D eigenvalue weighted by molar-refractivity contribution is -0.116. The number of nitrogens with zero attached hydrogens (tertiary/aromatic N) is 2. The first-order valence-electron chi connectivity index (χ1n) is 9.16. The van der Waals surface area contributed by atoms with Crippen molar-refractivity contribution in [2.24, 2.45) is 0 Å². The van der Waals surface area contributed by atoms with E-state index in [0.29, 0.717) is 16.8 Å². The highest BCUT2D eigenvalue weighted by molar-refractivity contribution is 7.89. The summed E-state index contributed by atoms with van der Waals surface area (Å²) in [5.41, 5.74) is 1.58. The summed E-state index contributed by atoms with van der Waals surface area (Å²) in [6.07, 6.45) is 0.0690. The van der Waals surface area contributed by atoms with Crippen LogP contribution in [0.25, 0.3) is 11.1 Å². The van der Waals surface area contributed by atoms with Crippen LogP contribution in [0.1, 0.15) is 20.3 Å². The molecule has 0 unspecified atom stereocenters. The first-order chi connectivity index (χ1) is 13.7. The van der Waals surface area contributed by atoms with Gasteiger partial charge in [-0.2, -0.15) is 4.31 Å². The molecule has 0 atom stereocenters. The fourth-order valence-corrected chi connectivity index (χ4v) is 4.18. The number of hydrogen-bond donors (Lipinski definition) is 1. The van der Waals surface area contributed by atoms with Crippen molar-refractivity contribution in [3.05, 3.63) is 59.1 Å². The average molecular weight is 417 g/mol. The molecule has 1 N–H and O–H groups in total. The largest absolute Gasteiger partial charge is 0.419 e. The summed E-state index contributed by atoms with van der Waals surface area (Å²) in [5, 5.41) is 2.71. The van der Waals surface area contributed by atoms with Gasteiger partial charge in [-0.15, -0.1) is 0 Å². The van der Waals surface area contributed by atoms with Crippen LogP contribution in [0.2, 0.25) is 0 Å². The van der Waals surface area contributed by atoms with E-state index >= 15 is 0 Å². The molecule has 1 heterocycles. The Bertz CT molecular complexity index is 1180. The minimum atomic E-state index is -3.58. The number of sulfonamides is 1. The van der Waals surface area contributed by atoms with E-state index in [1.165, 1.54) is 28.1 Å². The molecule has 0 aliphatic rings. The predicted octanol–water partition coefficient (Wildman–Crippen LogP) is 2.65. The van der Waals surface area contributed by atoms with E-state index in [9.17, 15) is 18.0 Å². The van der Waals surface area contributed by atoms with E-state index in [1.807, 2.05) is 0 Å². The van der Waals surface area contributed by atoms with Crippen molar-refractivity contribution in [3.63, 3.8) is 0 Å². The molecule has 0 bridgehead atoms. The van der Waals surface area contributed by atoms with Crippen LogP contribution >= 0.6 is 0 Å². The Morgan fingerprint density at radius 1 is 1.14 bits per heavy atom. The maximum Gasteiger partial charge on any atom is 0.419 e. The van der Waals surface area contributed by atoms with E-state index in [4.69, 9.17) is 4.42 Å². The van der Waals surface area contributed by atoms with E-state index in [2.05, 4.69) is 5.32 Å². The van der Waals surface area contributed by atoms with Crippen molar-refractivity contribution in [2.45, 2.75) is 37.8 Å². The fraction of sp³-hybridized carbons (Fsp3) is 0.300. The molecule has 0 saturated carbocycles. The van der Waals surface area contributed by atoms with E-state index in [1.54, 1.807) is 50.2 Å². The molecule has 0 aliphatic heterocycles. The molecular formula is C20H23N3O5S. The highest BCUT2D eigenvalue weighted by atomic mass is 32.2. The standard InChI is InChI=1S/C20H23N3O5S/c1-14(2)22(3)29(26,27)16-10-8-15(9-11-16)21-19(24)12-13-23-17-6-4-5-7-18(17)28-20(23)25/h4-11,14H,12-13H2,1-3H3,(H,21,24). The van der Waals surface area contributed by atoms with Gasteiger partial charge in [0.25, 0.3) is 0 Å². The SMILES string of the molecule is CC(C)N(C)S(=O)(=O)c1ccc(NC(=O)CCn2c(=O)oc3ccccc32)cc1. The number of carbonyl (C=O) groups excluding carboxylic acids is 1. The molecule has 3 aromatic rings. The number of anilines is 1. The zero-order valence-electron chi connectivity index (χ0n) is 16.5. The number of fused-ring (bicyclic) bond motifs is 1. The van der Waals surface area contributed by atoms with E-state index in [-0.39, 0.29) is 29.8 Å². The van der Waals surface area contributed by atoms with Crippen molar-refractivity contribution in [2.75, 3.05) is 12.4 Å². The molecule has 1 aromatic heterocycles. The highest BCUT2D eigenvalue weighted by Gasteiger charge is 2.22. The molecule has 0 fully saturated rings. The number of hydrogen-bond acceptors (Lipinski definition) is 5. The zero-order chi connectivity index (χ0) is 21.2. The monoisotopic (exact) mass is 417 g/mol. The Morgan fingerprint density at radius 2 is 1.79 bits per heavy atom. The van der Waals surface area contributed by atoms with Crippen LogP contribution in [-0.2, 0) is 21.4 Å². The molecule has 0 aliphatic carbocycles.